The Labute approximate surface area is 102 Å². The minimum absolute atomic E-state index is 0.549. The predicted octanol–water partition coefficient (Wildman–Crippen LogP) is 4.64. The van der Waals surface area contributed by atoms with E-state index in [-0.39, 0.29) is 0 Å². The third kappa shape index (κ3) is 3.42. The van der Waals surface area contributed by atoms with Gasteiger partial charge in [-0.1, -0.05) is 60.2 Å². The fraction of sp³-hybridized carbons (Fsp3) is 0.250. The Morgan fingerprint density at radius 2 is 1.59 bits per heavy atom. The summed E-state index contributed by atoms with van der Waals surface area (Å²) in [6.45, 7) is 2.01. The summed E-state index contributed by atoms with van der Waals surface area (Å²) in [7, 11) is 0. The Kier molecular flexibility index (Phi) is 3.92. The fourth-order valence-corrected chi connectivity index (χ4v) is 1.88. The zero-order chi connectivity index (χ0) is 12.1. The zero-order valence-electron chi connectivity index (χ0n) is 10.1. The molecule has 0 nitrogen and oxygen atoms in total. The number of rotatable bonds is 4. The second kappa shape index (κ2) is 5.62. The molecular weight excluding hydrogens is 211 g/mol. The quantitative estimate of drug-likeness (QED) is 0.715. The lowest BCUT2D eigenvalue weighted by atomic mass is 10.0. The molecule has 0 saturated carbocycles. The summed E-state index contributed by atoms with van der Waals surface area (Å²) >= 11 is 0. The van der Waals surface area contributed by atoms with Crippen molar-refractivity contribution in [1.29, 1.82) is 0 Å². The van der Waals surface area contributed by atoms with Crippen LogP contribution in [0.15, 0.2) is 54.6 Å². The number of benzene rings is 2. The molecule has 0 bridgehead atoms. The first kappa shape index (κ1) is 11.8. The summed E-state index contributed by atoms with van der Waals surface area (Å²) in [4.78, 5) is 0. The van der Waals surface area contributed by atoms with Gasteiger partial charge in [0.05, 0.1) is 0 Å². The summed E-state index contributed by atoms with van der Waals surface area (Å²) in [6.07, 6.45) is 0.471. The molecule has 0 N–H and O–H groups in total. The van der Waals surface area contributed by atoms with Crippen molar-refractivity contribution in [1.82, 2.24) is 0 Å². The highest BCUT2D eigenvalue weighted by molar-refractivity contribution is 5.23. The van der Waals surface area contributed by atoms with Crippen LogP contribution >= 0.6 is 0 Å². The highest BCUT2D eigenvalue weighted by Crippen LogP contribution is 2.23. The number of hydrogen-bond donors (Lipinski definition) is 0. The van der Waals surface area contributed by atoms with E-state index in [0.29, 0.717) is 6.42 Å². The lowest BCUT2D eigenvalue weighted by molar-refractivity contribution is 0.324. The lowest BCUT2D eigenvalue weighted by Crippen LogP contribution is -1.95. The molecule has 1 heteroatoms. The molecule has 88 valence electrons. The number of halogens is 1. The highest BCUT2D eigenvalue weighted by Gasteiger charge is 2.09. The van der Waals surface area contributed by atoms with E-state index < -0.39 is 6.17 Å². The first-order valence-electron chi connectivity index (χ1n) is 6.00. The van der Waals surface area contributed by atoms with Gasteiger partial charge in [-0.25, -0.2) is 4.39 Å². The maximum absolute atomic E-state index is 14.0. The molecular formula is C16H17F. The van der Waals surface area contributed by atoms with Gasteiger partial charge in [-0.05, 0) is 30.9 Å². The average Bonchev–Trinajstić information content (AvgIpc) is 2.38. The van der Waals surface area contributed by atoms with Crippen molar-refractivity contribution in [2.75, 3.05) is 0 Å². The van der Waals surface area contributed by atoms with Gasteiger partial charge < -0.3 is 0 Å². The summed E-state index contributed by atoms with van der Waals surface area (Å²) < 4.78 is 14.0. The highest BCUT2D eigenvalue weighted by atomic mass is 19.1. The van der Waals surface area contributed by atoms with E-state index in [4.69, 9.17) is 0 Å². The van der Waals surface area contributed by atoms with E-state index in [2.05, 4.69) is 0 Å². The topological polar surface area (TPSA) is 0 Å². The van der Waals surface area contributed by atoms with Crippen LogP contribution in [0.2, 0.25) is 0 Å². The van der Waals surface area contributed by atoms with Gasteiger partial charge in [-0.3, -0.25) is 0 Å². The largest absolute Gasteiger partial charge is 0.242 e. The van der Waals surface area contributed by atoms with E-state index in [0.717, 1.165) is 12.0 Å². The lowest BCUT2D eigenvalue weighted by Gasteiger charge is -2.08. The molecule has 1 unspecified atom stereocenters. The number of aryl methyl sites for hydroxylation is 2. The second-order valence-corrected chi connectivity index (χ2v) is 4.40. The normalized spacial score (nSPS) is 12.4. The van der Waals surface area contributed by atoms with Crippen molar-refractivity contribution in [2.45, 2.75) is 25.9 Å². The average molecular weight is 228 g/mol. The third-order valence-corrected chi connectivity index (χ3v) is 2.97. The van der Waals surface area contributed by atoms with Crippen LogP contribution in [0.3, 0.4) is 0 Å². The van der Waals surface area contributed by atoms with Crippen molar-refractivity contribution in [3.63, 3.8) is 0 Å². The molecule has 0 aliphatic rings. The minimum atomic E-state index is -0.865. The number of alkyl halides is 1. The molecule has 17 heavy (non-hydrogen) atoms. The maximum Gasteiger partial charge on any atom is 0.125 e. The molecule has 0 aromatic heterocycles. The molecule has 2 aromatic rings. The third-order valence-electron chi connectivity index (χ3n) is 2.97. The Morgan fingerprint density at radius 3 is 2.24 bits per heavy atom. The van der Waals surface area contributed by atoms with Gasteiger partial charge in [0.1, 0.15) is 6.17 Å². The first-order valence-corrected chi connectivity index (χ1v) is 6.00. The summed E-state index contributed by atoms with van der Waals surface area (Å²) in [5.41, 5.74) is 3.15. The predicted molar refractivity (Wildman–Crippen MR) is 69.8 cm³/mol. The molecule has 0 saturated heterocycles. The van der Waals surface area contributed by atoms with Gasteiger partial charge in [0.15, 0.2) is 0 Å². The van der Waals surface area contributed by atoms with Crippen LogP contribution in [0.5, 0.6) is 0 Å². The van der Waals surface area contributed by atoms with Crippen molar-refractivity contribution in [2.24, 2.45) is 0 Å². The van der Waals surface area contributed by atoms with Crippen LogP contribution < -0.4 is 0 Å². The van der Waals surface area contributed by atoms with Crippen LogP contribution in [-0.4, -0.2) is 0 Å². The monoisotopic (exact) mass is 228 g/mol. The van der Waals surface area contributed by atoms with Gasteiger partial charge >= 0.3 is 0 Å². The van der Waals surface area contributed by atoms with E-state index in [1.54, 1.807) is 0 Å². The molecule has 0 amide bonds. The van der Waals surface area contributed by atoms with Gasteiger partial charge in [-0.15, -0.1) is 0 Å². The number of hydrogen-bond acceptors (Lipinski definition) is 0. The van der Waals surface area contributed by atoms with Gasteiger partial charge in [0, 0.05) is 0 Å². The van der Waals surface area contributed by atoms with E-state index >= 15 is 0 Å². The molecule has 0 fully saturated rings. The molecule has 2 rings (SSSR count). The molecule has 1 atom stereocenters. The Hall–Kier alpha value is -1.63. The fourth-order valence-electron chi connectivity index (χ4n) is 1.88. The Bertz CT molecular complexity index is 445. The molecule has 0 radical (unpaired) electrons. The molecule has 0 aliphatic carbocycles. The molecule has 0 aliphatic heterocycles. The SMILES string of the molecule is Cc1ccc(C(F)CCc2ccccc2)cc1. The van der Waals surface area contributed by atoms with Gasteiger partial charge in [0.2, 0.25) is 0 Å². The van der Waals surface area contributed by atoms with Crippen LogP contribution in [0.25, 0.3) is 0 Å². The first-order chi connectivity index (χ1) is 8.25. The second-order valence-electron chi connectivity index (χ2n) is 4.40. The standard InChI is InChI=1S/C16H17F/c1-13-7-10-15(11-8-13)16(17)12-9-14-5-3-2-4-6-14/h2-8,10-11,16H,9,12H2,1H3. The van der Waals surface area contributed by atoms with Gasteiger partial charge in [-0.2, -0.15) is 0 Å². The maximum atomic E-state index is 14.0. The smallest absolute Gasteiger partial charge is 0.125 e. The minimum Gasteiger partial charge on any atom is -0.242 e. The van der Waals surface area contributed by atoms with E-state index in [1.807, 2.05) is 61.5 Å². The van der Waals surface area contributed by atoms with Crippen molar-refractivity contribution in [3.05, 3.63) is 71.3 Å². The zero-order valence-corrected chi connectivity index (χ0v) is 10.1. The van der Waals surface area contributed by atoms with Crippen molar-refractivity contribution < 1.29 is 4.39 Å². The summed E-state index contributed by atoms with van der Waals surface area (Å²) in [5.74, 6) is 0. The molecule has 2 aromatic carbocycles. The Morgan fingerprint density at radius 1 is 0.941 bits per heavy atom. The van der Waals surface area contributed by atoms with E-state index in [1.165, 1.54) is 11.1 Å². The van der Waals surface area contributed by atoms with Crippen LogP contribution in [0.1, 0.15) is 29.3 Å². The van der Waals surface area contributed by atoms with Crippen LogP contribution in [-0.2, 0) is 6.42 Å². The molecule has 0 spiro atoms. The van der Waals surface area contributed by atoms with Crippen molar-refractivity contribution >= 4 is 0 Å². The van der Waals surface area contributed by atoms with E-state index in [9.17, 15) is 4.39 Å². The van der Waals surface area contributed by atoms with Crippen molar-refractivity contribution in [3.8, 4) is 0 Å². The molecule has 0 heterocycles. The van der Waals surface area contributed by atoms with Crippen LogP contribution in [0.4, 0.5) is 4.39 Å². The Balaban J connectivity index is 1.93. The summed E-state index contributed by atoms with van der Waals surface area (Å²) in [5, 5.41) is 0. The van der Waals surface area contributed by atoms with Crippen LogP contribution in [0, 0.1) is 6.92 Å². The summed E-state index contributed by atoms with van der Waals surface area (Å²) in [6, 6.07) is 17.7. The van der Waals surface area contributed by atoms with Gasteiger partial charge in [0.25, 0.3) is 0 Å².